The lowest BCUT2D eigenvalue weighted by Crippen LogP contribution is -2.10. The highest BCUT2D eigenvalue weighted by Crippen LogP contribution is 2.33. The van der Waals surface area contributed by atoms with E-state index >= 15 is 0 Å². The standard InChI is InChI=1S/C19H17F4NO2S/c1-24(2)9-12(19(25)26-3)11-6-4-5-7-16(11)27-10-13-17(22)14(20)8-15(21)18(13)23/h4-9H,10H2,1-3H3. The summed E-state index contributed by atoms with van der Waals surface area (Å²) in [6.45, 7) is 0. The van der Waals surface area contributed by atoms with Crippen LogP contribution < -0.4 is 0 Å². The number of methoxy groups -OCH3 is 1. The quantitative estimate of drug-likeness (QED) is 0.233. The average molecular weight is 399 g/mol. The first-order chi connectivity index (χ1) is 12.8. The van der Waals surface area contributed by atoms with Gasteiger partial charge in [-0.05, 0) is 6.07 Å². The summed E-state index contributed by atoms with van der Waals surface area (Å²) in [5.41, 5.74) is 0.00113. The van der Waals surface area contributed by atoms with Crippen LogP contribution >= 0.6 is 11.8 Å². The molecule has 0 atom stereocenters. The van der Waals surface area contributed by atoms with Gasteiger partial charge in [-0.1, -0.05) is 18.2 Å². The van der Waals surface area contributed by atoms with E-state index in [0.29, 0.717) is 10.5 Å². The van der Waals surface area contributed by atoms with E-state index < -0.39 is 34.8 Å². The van der Waals surface area contributed by atoms with E-state index in [0.717, 1.165) is 11.8 Å². The number of thioether (sulfide) groups is 1. The molecule has 2 rings (SSSR count). The number of benzene rings is 2. The zero-order valence-corrected chi connectivity index (χ0v) is 15.7. The lowest BCUT2D eigenvalue weighted by Gasteiger charge is -2.14. The van der Waals surface area contributed by atoms with Gasteiger partial charge in [0.1, 0.15) is 0 Å². The second kappa shape index (κ2) is 8.94. The first-order valence-electron chi connectivity index (χ1n) is 7.76. The minimum atomic E-state index is -1.46. The molecule has 0 aliphatic rings. The van der Waals surface area contributed by atoms with Crippen molar-refractivity contribution in [2.24, 2.45) is 0 Å². The summed E-state index contributed by atoms with van der Waals surface area (Å²) in [5.74, 6) is -6.74. The molecule has 0 unspecified atom stereocenters. The van der Waals surface area contributed by atoms with Crippen molar-refractivity contribution in [1.29, 1.82) is 0 Å². The highest BCUT2D eigenvalue weighted by atomic mass is 32.2. The molecule has 0 saturated carbocycles. The Kier molecular flexibility index (Phi) is 6.90. The average Bonchev–Trinajstić information content (AvgIpc) is 2.64. The third-order valence-electron chi connectivity index (χ3n) is 3.54. The van der Waals surface area contributed by atoms with Crippen LogP contribution in [-0.4, -0.2) is 32.1 Å². The van der Waals surface area contributed by atoms with Gasteiger partial charge in [-0.15, -0.1) is 11.8 Å². The Labute approximate surface area is 158 Å². The molecule has 8 heteroatoms. The second-order valence-electron chi connectivity index (χ2n) is 5.73. The van der Waals surface area contributed by atoms with Crippen LogP contribution in [0, 0.1) is 23.3 Å². The molecule has 0 aromatic heterocycles. The molecule has 0 radical (unpaired) electrons. The number of nitrogens with zero attached hydrogens (tertiary/aromatic N) is 1. The number of ether oxygens (including phenoxy) is 1. The van der Waals surface area contributed by atoms with Crippen molar-refractivity contribution in [3.05, 3.63) is 70.9 Å². The first kappa shape index (κ1) is 20.8. The Bertz CT molecular complexity index is 858. The van der Waals surface area contributed by atoms with Crippen LogP contribution in [0.2, 0.25) is 0 Å². The predicted octanol–water partition coefficient (Wildman–Crippen LogP) is 4.61. The molecule has 0 bridgehead atoms. The van der Waals surface area contributed by atoms with Crippen LogP contribution in [0.4, 0.5) is 17.6 Å². The topological polar surface area (TPSA) is 29.5 Å². The molecule has 3 nitrogen and oxygen atoms in total. The highest BCUT2D eigenvalue weighted by molar-refractivity contribution is 7.98. The zero-order valence-electron chi connectivity index (χ0n) is 14.9. The Morgan fingerprint density at radius 1 is 1.11 bits per heavy atom. The molecule has 0 aliphatic carbocycles. The molecule has 27 heavy (non-hydrogen) atoms. The van der Waals surface area contributed by atoms with Crippen molar-refractivity contribution in [2.75, 3.05) is 21.2 Å². The molecule has 0 aliphatic heterocycles. The first-order valence-corrected chi connectivity index (χ1v) is 8.75. The van der Waals surface area contributed by atoms with Crippen molar-refractivity contribution in [3.8, 4) is 0 Å². The van der Waals surface area contributed by atoms with Crippen molar-refractivity contribution < 1.29 is 27.1 Å². The van der Waals surface area contributed by atoms with Crippen LogP contribution in [0.5, 0.6) is 0 Å². The fourth-order valence-corrected chi connectivity index (χ4v) is 3.38. The third-order valence-corrected chi connectivity index (χ3v) is 4.64. The van der Waals surface area contributed by atoms with E-state index in [1.165, 1.54) is 7.11 Å². The summed E-state index contributed by atoms with van der Waals surface area (Å²) in [4.78, 5) is 14.3. The van der Waals surface area contributed by atoms with Gasteiger partial charge < -0.3 is 9.64 Å². The number of carbonyl (C=O) groups excluding carboxylic acids is 1. The SMILES string of the molecule is COC(=O)C(=CN(C)C)c1ccccc1SCc1c(F)c(F)cc(F)c1F. The second-order valence-corrected chi connectivity index (χ2v) is 6.75. The fourth-order valence-electron chi connectivity index (χ4n) is 2.31. The molecule has 144 valence electrons. The van der Waals surface area contributed by atoms with E-state index in [9.17, 15) is 22.4 Å². The number of rotatable bonds is 6. The molecule has 0 N–H and O–H groups in total. The summed E-state index contributed by atoms with van der Waals surface area (Å²) >= 11 is 0.949. The van der Waals surface area contributed by atoms with Gasteiger partial charge in [-0.3, -0.25) is 0 Å². The van der Waals surface area contributed by atoms with Crippen molar-refractivity contribution in [1.82, 2.24) is 4.90 Å². The normalized spacial score (nSPS) is 11.4. The summed E-state index contributed by atoms with van der Waals surface area (Å²) < 4.78 is 59.3. The smallest absolute Gasteiger partial charge is 0.339 e. The van der Waals surface area contributed by atoms with Gasteiger partial charge in [0, 0.05) is 48.1 Å². The van der Waals surface area contributed by atoms with Crippen LogP contribution in [0.25, 0.3) is 5.57 Å². The Hall–Kier alpha value is -2.48. The Balaban J connectivity index is 2.42. The number of hydrogen-bond donors (Lipinski definition) is 0. The van der Waals surface area contributed by atoms with Crippen LogP contribution in [0.15, 0.2) is 41.4 Å². The lowest BCUT2D eigenvalue weighted by atomic mass is 10.1. The summed E-state index contributed by atoms with van der Waals surface area (Å²) in [7, 11) is 4.68. The zero-order chi connectivity index (χ0) is 20.1. The van der Waals surface area contributed by atoms with Gasteiger partial charge in [-0.2, -0.15) is 0 Å². The van der Waals surface area contributed by atoms with E-state index in [1.807, 2.05) is 0 Å². The lowest BCUT2D eigenvalue weighted by molar-refractivity contribution is -0.133. The Morgan fingerprint density at radius 2 is 1.70 bits per heavy atom. The molecule has 0 saturated heterocycles. The predicted molar refractivity (Wildman–Crippen MR) is 96.0 cm³/mol. The molecule has 0 amide bonds. The van der Waals surface area contributed by atoms with Crippen LogP contribution in [-0.2, 0) is 15.3 Å². The van der Waals surface area contributed by atoms with E-state index in [4.69, 9.17) is 4.74 Å². The van der Waals surface area contributed by atoms with Crippen molar-refractivity contribution in [3.63, 3.8) is 0 Å². The third kappa shape index (κ3) is 4.82. The molecule has 2 aromatic carbocycles. The maximum atomic E-state index is 13.9. The molecule has 0 spiro atoms. The summed E-state index contributed by atoms with van der Waals surface area (Å²) in [6.07, 6.45) is 1.55. The molecular weight excluding hydrogens is 382 g/mol. The molecule has 2 aromatic rings. The van der Waals surface area contributed by atoms with Gasteiger partial charge in [0.05, 0.1) is 12.7 Å². The van der Waals surface area contributed by atoms with Crippen molar-refractivity contribution >= 4 is 23.3 Å². The van der Waals surface area contributed by atoms with Gasteiger partial charge in [0.15, 0.2) is 23.3 Å². The van der Waals surface area contributed by atoms with E-state index in [2.05, 4.69) is 0 Å². The van der Waals surface area contributed by atoms with Gasteiger partial charge in [0.2, 0.25) is 0 Å². The maximum absolute atomic E-state index is 13.9. The number of esters is 1. The van der Waals surface area contributed by atoms with Gasteiger partial charge >= 0.3 is 5.97 Å². The van der Waals surface area contributed by atoms with E-state index in [1.54, 1.807) is 49.5 Å². The minimum Gasteiger partial charge on any atom is -0.465 e. The number of hydrogen-bond acceptors (Lipinski definition) is 4. The minimum absolute atomic E-state index is 0.169. The Morgan fingerprint density at radius 3 is 2.26 bits per heavy atom. The highest BCUT2D eigenvalue weighted by Gasteiger charge is 2.21. The van der Waals surface area contributed by atoms with Crippen LogP contribution in [0.1, 0.15) is 11.1 Å². The molecular formula is C19H17F4NO2S. The number of halogens is 4. The van der Waals surface area contributed by atoms with Crippen LogP contribution in [0.3, 0.4) is 0 Å². The van der Waals surface area contributed by atoms with E-state index in [-0.39, 0.29) is 17.4 Å². The van der Waals surface area contributed by atoms with Gasteiger partial charge in [0.25, 0.3) is 0 Å². The monoisotopic (exact) mass is 399 g/mol. The summed E-state index contributed by atoms with van der Waals surface area (Å²) in [5, 5.41) is 0. The molecule has 0 fully saturated rings. The van der Waals surface area contributed by atoms with Gasteiger partial charge in [-0.25, -0.2) is 22.4 Å². The number of carbonyl (C=O) groups is 1. The van der Waals surface area contributed by atoms with Crippen molar-refractivity contribution in [2.45, 2.75) is 10.6 Å². The molecule has 0 heterocycles. The maximum Gasteiger partial charge on any atom is 0.339 e. The largest absolute Gasteiger partial charge is 0.465 e. The summed E-state index contributed by atoms with van der Waals surface area (Å²) in [6, 6.07) is 6.82. The fraction of sp³-hybridized carbons (Fsp3) is 0.211.